The summed E-state index contributed by atoms with van der Waals surface area (Å²) in [5, 5.41) is 14.5. The Morgan fingerprint density at radius 2 is 2.07 bits per heavy atom. The molecule has 2 aliphatic heterocycles. The standard InChI is InChI=1S/C22H35N3O2S/c1-22(2,3)24-21(27)18-12-20-16(9-10-28-20)13-25(18)14-19(26)17(23)11-15-7-5-4-6-8-15/h4-8,16-20,26H,9-14,23H2,1-3H3,(H,24,27)/t16?,17?,18-,19?,20?/m0/s1. The Bertz CT molecular complexity index is 649. The smallest absolute Gasteiger partial charge is 0.237 e. The van der Waals surface area contributed by atoms with Gasteiger partial charge in [0.25, 0.3) is 0 Å². The van der Waals surface area contributed by atoms with Gasteiger partial charge in [-0.25, -0.2) is 0 Å². The number of likely N-dealkylation sites (tertiary alicyclic amines) is 1. The van der Waals surface area contributed by atoms with E-state index < -0.39 is 6.10 Å². The Morgan fingerprint density at radius 3 is 2.75 bits per heavy atom. The van der Waals surface area contributed by atoms with Crippen molar-refractivity contribution in [2.45, 2.75) is 69.0 Å². The maximum Gasteiger partial charge on any atom is 0.237 e. The molecule has 0 bridgehead atoms. The number of thioether (sulfide) groups is 1. The van der Waals surface area contributed by atoms with Gasteiger partial charge in [-0.3, -0.25) is 9.69 Å². The van der Waals surface area contributed by atoms with E-state index in [1.54, 1.807) is 0 Å². The van der Waals surface area contributed by atoms with Crippen LogP contribution in [-0.2, 0) is 11.2 Å². The number of β-amino-alcohol motifs (C(OH)–C–C–N with tert-alkyl or cyclic N) is 1. The molecule has 156 valence electrons. The van der Waals surface area contributed by atoms with Crippen molar-refractivity contribution in [3.05, 3.63) is 35.9 Å². The molecule has 28 heavy (non-hydrogen) atoms. The molecule has 0 radical (unpaired) electrons. The second-order valence-electron chi connectivity index (χ2n) is 9.32. The number of aliphatic hydroxyl groups excluding tert-OH is 1. The minimum absolute atomic E-state index is 0.0716. The second kappa shape index (κ2) is 9.16. The zero-order valence-electron chi connectivity index (χ0n) is 17.3. The van der Waals surface area contributed by atoms with E-state index in [0.717, 1.165) is 18.5 Å². The Labute approximate surface area is 173 Å². The van der Waals surface area contributed by atoms with Crippen molar-refractivity contribution in [1.82, 2.24) is 10.2 Å². The normalized spacial score (nSPS) is 27.8. The molecule has 4 N–H and O–H groups in total. The molecule has 5 nitrogen and oxygen atoms in total. The molecule has 6 heteroatoms. The predicted molar refractivity (Wildman–Crippen MR) is 116 cm³/mol. The van der Waals surface area contributed by atoms with Gasteiger partial charge in [-0.05, 0) is 57.3 Å². The van der Waals surface area contributed by atoms with E-state index >= 15 is 0 Å². The summed E-state index contributed by atoms with van der Waals surface area (Å²) in [5.74, 6) is 1.86. The lowest BCUT2D eigenvalue weighted by atomic mass is 9.89. The number of nitrogens with one attached hydrogen (secondary N) is 1. The van der Waals surface area contributed by atoms with Crippen molar-refractivity contribution in [2.75, 3.05) is 18.8 Å². The van der Waals surface area contributed by atoms with Gasteiger partial charge in [0.15, 0.2) is 0 Å². The number of nitrogens with zero attached hydrogens (tertiary/aromatic N) is 1. The van der Waals surface area contributed by atoms with Gasteiger partial charge in [0.1, 0.15) is 0 Å². The molecule has 4 unspecified atom stereocenters. The van der Waals surface area contributed by atoms with Gasteiger partial charge in [0.2, 0.25) is 5.91 Å². The molecule has 0 saturated carbocycles. The lowest BCUT2D eigenvalue weighted by Crippen LogP contribution is -2.59. The van der Waals surface area contributed by atoms with Crippen molar-refractivity contribution in [2.24, 2.45) is 11.7 Å². The van der Waals surface area contributed by atoms with Crippen molar-refractivity contribution in [3.8, 4) is 0 Å². The summed E-state index contributed by atoms with van der Waals surface area (Å²) in [7, 11) is 0. The fourth-order valence-corrected chi connectivity index (χ4v) is 5.84. The number of hydrogen-bond acceptors (Lipinski definition) is 5. The first-order valence-electron chi connectivity index (χ1n) is 10.4. The highest BCUT2D eigenvalue weighted by Gasteiger charge is 2.42. The summed E-state index contributed by atoms with van der Waals surface area (Å²) < 4.78 is 0. The van der Waals surface area contributed by atoms with Gasteiger partial charge < -0.3 is 16.2 Å². The molecule has 3 rings (SSSR count). The van der Waals surface area contributed by atoms with Crippen LogP contribution in [0.4, 0.5) is 0 Å². The number of carbonyl (C=O) groups excluding carboxylic acids is 1. The first kappa shape index (κ1) is 21.6. The molecule has 1 amide bonds. The van der Waals surface area contributed by atoms with E-state index in [2.05, 4.69) is 10.2 Å². The maximum absolute atomic E-state index is 13.0. The summed E-state index contributed by atoms with van der Waals surface area (Å²) in [6.07, 6.45) is 2.04. The average Bonchev–Trinajstić information content (AvgIpc) is 3.07. The summed E-state index contributed by atoms with van der Waals surface area (Å²) in [6, 6.07) is 9.50. The van der Waals surface area contributed by atoms with Crippen molar-refractivity contribution in [3.63, 3.8) is 0 Å². The van der Waals surface area contributed by atoms with E-state index in [9.17, 15) is 9.90 Å². The largest absolute Gasteiger partial charge is 0.390 e. The highest BCUT2D eigenvalue weighted by molar-refractivity contribution is 8.00. The van der Waals surface area contributed by atoms with Crippen LogP contribution in [0, 0.1) is 5.92 Å². The molecule has 0 aliphatic carbocycles. The monoisotopic (exact) mass is 405 g/mol. The average molecular weight is 406 g/mol. The van der Waals surface area contributed by atoms with Gasteiger partial charge >= 0.3 is 0 Å². The number of benzene rings is 1. The fraction of sp³-hybridized carbons (Fsp3) is 0.682. The van der Waals surface area contributed by atoms with Crippen molar-refractivity contribution >= 4 is 17.7 Å². The number of nitrogens with two attached hydrogens (primary N) is 1. The van der Waals surface area contributed by atoms with Crippen LogP contribution in [-0.4, -0.2) is 63.7 Å². The van der Waals surface area contributed by atoms with E-state index in [0.29, 0.717) is 24.1 Å². The van der Waals surface area contributed by atoms with Crippen LogP contribution < -0.4 is 11.1 Å². The summed E-state index contributed by atoms with van der Waals surface area (Å²) in [5.41, 5.74) is 7.18. The fourth-order valence-electron chi connectivity index (χ4n) is 4.29. The van der Waals surface area contributed by atoms with E-state index in [4.69, 9.17) is 5.73 Å². The topological polar surface area (TPSA) is 78.6 Å². The SMILES string of the molecule is CC(C)(C)NC(=O)[C@@H]1CC2SCCC2CN1CC(O)C(N)Cc1ccccc1. The van der Waals surface area contributed by atoms with Gasteiger partial charge in [0.05, 0.1) is 12.1 Å². The molecule has 1 aromatic carbocycles. The molecule has 0 aromatic heterocycles. The molecular weight excluding hydrogens is 370 g/mol. The molecular formula is C22H35N3O2S. The number of rotatable bonds is 6. The maximum atomic E-state index is 13.0. The van der Waals surface area contributed by atoms with Crippen molar-refractivity contribution < 1.29 is 9.90 Å². The van der Waals surface area contributed by atoms with E-state index in [-0.39, 0.29) is 23.5 Å². The van der Waals surface area contributed by atoms with Crippen LogP contribution in [0.15, 0.2) is 30.3 Å². The zero-order chi connectivity index (χ0) is 20.3. The van der Waals surface area contributed by atoms with Gasteiger partial charge in [-0.2, -0.15) is 11.8 Å². The van der Waals surface area contributed by atoms with Gasteiger partial charge in [0, 0.05) is 29.9 Å². The minimum Gasteiger partial charge on any atom is -0.390 e. The Kier molecular flexibility index (Phi) is 7.07. The molecule has 2 heterocycles. The highest BCUT2D eigenvalue weighted by Crippen LogP contribution is 2.40. The number of aliphatic hydroxyl groups is 1. The third-order valence-corrected chi connectivity index (χ3v) is 7.22. The van der Waals surface area contributed by atoms with Crippen LogP contribution >= 0.6 is 11.8 Å². The van der Waals surface area contributed by atoms with Crippen LogP contribution in [0.25, 0.3) is 0 Å². The van der Waals surface area contributed by atoms with Crippen molar-refractivity contribution in [1.29, 1.82) is 0 Å². The molecule has 2 fully saturated rings. The molecule has 0 spiro atoms. The van der Waals surface area contributed by atoms with Crippen LogP contribution in [0.5, 0.6) is 0 Å². The lowest BCUT2D eigenvalue weighted by Gasteiger charge is -2.42. The Hall–Kier alpha value is -1.08. The van der Waals surface area contributed by atoms with E-state index in [1.807, 2.05) is 62.9 Å². The second-order valence-corrected chi connectivity index (χ2v) is 10.7. The number of hydrogen-bond donors (Lipinski definition) is 3. The zero-order valence-corrected chi connectivity index (χ0v) is 18.1. The summed E-state index contributed by atoms with van der Waals surface area (Å²) in [6.45, 7) is 7.35. The Morgan fingerprint density at radius 1 is 1.36 bits per heavy atom. The first-order chi connectivity index (χ1) is 13.2. The molecule has 2 saturated heterocycles. The quantitative estimate of drug-likeness (QED) is 0.675. The van der Waals surface area contributed by atoms with Crippen LogP contribution in [0.2, 0.25) is 0 Å². The van der Waals surface area contributed by atoms with E-state index in [1.165, 1.54) is 12.2 Å². The molecule has 2 aliphatic rings. The van der Waals surface area contributed by atoms with Gasteiger partial charge in [-0.1, -0.05) is 30.3 Å². The number of fused-ring (bicyclic) bond motifs is 1. The molecule has 5 atom stereocenters. The number of amides is 1. The highest BCUT2D eigenvalue weighted by atomic mass is 32.2. The minimum atomic E-state index is -0.657. The lowest BCUT2D eigenvalue weighted by molar-refractivity contribution is -0.130. The first-order valence-corrected chi connectivity index (χ1v) is 11.4. The third kappa shape index (κ3) is 5.72. The summed E-state index contributed by atoms with van der Waals surface area (Å²) >= 11 is 2.00. The number of carbonyl (C=O) groups is 1. The number of piperidine rings is 1. The van der Waals surface area contributed by atoms with Gasteiger partial charge in [-0.15, -0.1) is 0 Å². The third-order valence-electron chi connectivity index (χ3n) is 5.74. The van der Waals surface area contributed by atoms with Crippen LogP contribution in [0.1, 0.15) is 39.2 Å². The summed E-state index contributed by atoms with van der Waals surface area (Å²) in [4.78, 5) is 15.2. The predicted octanol–water partition coefficient (Wildman–Crippen LogP) is 2.03. The molecule has 1 aromatic rings. The Balaban J connectivity index is 1.66. The van der Waals surface area contributed by atoms with Crippen LogP contribution in [0.3, 0.4) is 0 Å².